The number of hydrogen-bond acceptors (Lipinski definition) is 5. The van der Waals surface area contributed by atoms with Gasteiger partial charge >= 0.3 is 5.97 Å². The minimum absolute atomic E-state index is 0.298. The Hall–Kier alpha value is -1.46. The molecule has 2 heterocycles. The second-order valence-electron chi connectivity index (χ2n) is 3.97. The molecule has 1 aliphatic rings. The van der Waals surface area contributed by atoms with E-state index in [2.05, 4.69) is 15.2 Å². The Morgan fingerprint density at radius 1 is 1.47 bits per heavy atom. The van der Waals surface area contributed by atoms with E-state index in [1.54, 1.807) is 18.3 Å². The van der Waals surface area contributed by atoms with Gasteiger partial charge in [0.2, 0.25) is 0 Å². The van der Waals surface area contributed by atoms with E-state index in [0.29, 0.717) is 12.2 Å². The predicted octanol–water partition coefficient (Wildman–Crippen LogP) is 0.144. The van der Waals surface area contributed by atoms with Crippen molar-refractivity contribution in [2.24, 2.45) is 0 Å². The van der Waals surface area contributed by atoms with E-state index in [4.69, 9.17) is 4.74 Å². The Morgan fingerprint density at radius 2 is 2.29 bits per heavy atom. The van der Waals surface area contributed by atoms with E-state index >= 15 is 0 Å². The SMILES string of the molecule is O=C(OCCN1CCNCC1)c1cccnc1. The van der Waals surface area contributed by atoms with Crippen molar-refractivity contribution in [3.05, 3.63) is 30.1 Å². The molecule has 1 fully saturated rings. The first kappa shape index (κ1) is 12.0. The molecule has 0 bridgehead atoms. The molecule has 0 unspecified atom stereocenters. The smallest absolute Gasteiger partial charge is 0.339 e. The average Bonchev–Trinajstić information content (AvgIpc) is 2.41. The maximum atomic E-state index is 11.6. The summed E-state index contributed by atoms with van der Waals surface area (Å²) in [5.74, 6) is -0.298. The molecule has 1 N–H and O–H groups in total. The van der Waals surface area contributed by atoms with Gasteiger partial charge in [0.05, 0.1) is 5.56 Å². The summed E-state index contributed by atoms with van der Waals surface area (Å²) in [5, 5.41) is 3.28. The predicted molar refractivity (Wildman–Crippen MR) is 63.8 cm³/mol. The zero-order valence-electron chi connectivity index (χ0n) is 9.76. The first-order valence-electron chi connectivity index (χ1n) is 5.86. The highest BCUT2D eigenvalue weighted by molar-refractivity contribution is 5.88. The number of piperazine rings is 1. The summed E-state index contributed by atoms with van der Waals surface area (Å²) >= 11 is 0. The molecule has 0 spiro atoms. The third kappa shape index (κ3) is 3.80. The van der Waals surface area contributed by atoms with E-state index in [0.717, 1.165) is 32.7 Å². The van der Waals surface area contributed by atoms with Gasteiger partial charge in [-0.25, -0.2) is 4.79 Å². The minimum Gasteiger partial charge on any atom is -0.461 e. The van der Waals surface area contributed by atoms with Crippen LogP contribution in [-0.2, 0) is 4.74 Å². The Morgan fingerprint density at radius 3 is 3.00 bits per heavy atom. The van der Waals surface area contributed by atoms with Crippen molar-refractivity contribution in [2.75, 3.05) is 39.3 Å². The molecule has 92 valence electrons. The number of aromatic nitrogens is 1. The van der Waals surface area contributed by atoms with E-state index in [9.17, 15) is 4.79 Å². The Balaban J connectivity index is 1.69. The van der Waals surface area contributed by atoms with Crippen LogP contribution in [0.3, 0.4) is 0 Å². The van der Waals surface area contributed by atoms with Gasteiger partial charge < -0.3 is 10.1 Å². The van der Waals surface area contributed by atoms with Gasteiger partial charge in [-0.3, -0.25) is 9.88 Å². The van der Waals surface area contributed by atoms with E-state index in [1.807, 2.05) is 0 Å². The van der Waals surface area contributed by atoms with Crippen LogP contribution in [-0.4, -0.2) is 55.2 Å². The number of hydrogen-bond donors (Lipinski definition) is 1. The molecule has 5 heteroatoms. The molecular formula is C12H17N3O2. The summed E-state index contributed by atoms with van der Waals surface area (Å²) in [7, 11) is 0. The molecule has 0 atom stereocenters. The summed E-state index contributed by atoms with van der Waals surface area (Å²) in [6.07, 6.45) is 3.16. The van der Waals surface area contributed by atoms with Crippen molar-refractivity contribution < 1.29 is 9.53 Å². The maximum Gasteiger partial charge on any atom is 0.339 e. The van der Waals surface area contributed by atoms with Crippen LogP contribution in [0.2, 0.25) is 0 Å². The second kappa shape index (κ2) is 6.32. The average molecular weight is 235 g/mol. The van der Waals surface area contributed by atoms with Crippen molar-refractivity contribution in [3.63, 3.8) is 0 Å². The minimum atomic E-state index is -0.298. The van der Waals surface area contributed by atoms with Crippen LogP contribution in [0, 0.1) is 0 Å². The molecule has 0 saturated carbocycles. The number of esters is 1. The van der Waals surface area contributed by atoms with Crippen molar-refractivity contribution in [1.82, 2.24) is 15.2 Å². The lowest BCUT2D eigenvalue weighted by molar-refractivity contribution is 0.0455. The van der Waals surface area contributed by atoms with Crippen molar-refractivity contribution in [2.45, 2.75) is 0 Å². The van der Waals surface area contributed by atoms with Crippen LogP contribution in [0.25, 0.3) is 0 Å². The van der Waals surface area contributed by atoms with Crippen molar-refractivity contribution >= 4 is 5.97 Å². The number of ether oxygens (including phenoxy) is 1. The number of nitrogens with one attached hydrogen (secondary N) is 1. The summed E-state index contributed by atoms with van der Waals surface area (Å²) < 4.78 is 5.19. The summed E-state index contributed by atoms with van der Waals surface area (Å²) in [5.41, 5.74) is 0.507. The number of carbonyl (C=O) groups is 1. The Bertz CT molecular complexity index is 350. The van der Waals surface area contributed by atoms with Gasteiger partial charge in [0, 0.05) is 45.1 Å². The summed E-state index contributed by atoms with van der Waals surface area (Å²) in [6.45, 7) is 5.30. The van der Waals surface area contributed by atoms with Gasteiger partial charge in [0.15, 0.2) is 0 Å². The summed E-state index contributed by atoms with van der Waals surface area (Å²) in [6, 6.07) is 3.44. The highest BCUT2D eigenvalue weighted by atomic mass is 16.5. The fourth-order valence-electron chi connectivity index (χ4n) is 1.77. The second-order valence-corrected chi connectivity index (χ2v) is 3.97. The number of nitrogens with zero attached hydrogens (tertiary/aromatic N) is 2. The van der Waals surface area contributed by atoms with Crippen LogP contribution >= 0.6 is 0 Å². The van der Waals surface area contributed by atoms with Crippen LogP contribution < -0.4 is 5.32 Å². The number of rotatable bonds is 4. The Labute approximate surface area is 101 Å². The first-order chi connectivity index (χ1) is 8.36. The lowest BCUT2D eigenvalue weighted by Crippen LogP contribution is -2.44. The molecule has 1 aromatic rings. The molecule has 2 rings (SSSR count). The normalized spacial score (nSPS) is 16.7. The molecule has 5 nitrogen and oxygen atoms in total. The topological polar surface area (TPSA) is 54.5 Å². The van der Waals surface area contributed by atoms with Crippen LogP contribution in [0.4, 0.5) is 0 Å². The number of pyridine rings is 1. The van der Waals surface area contributed by atoms with E-state index in [1.165, 1.54) is 6.20 Å². The Kier molecular flexibility index (Phi) is 4.46. The number of carbonyl (C=O) groups excluding carboxylic acids is 1. The van der Waals surface area contributed by atoms with E-state index < -0.39 is 0 Å². The van der Waals surface area contributed by atoms with Crippen molar-refractivity contribution in [1.29, 1.82) is 0 Å². The molecule has 0 amide bonds. The van der Waals surface area contributed by atoms with Gasteiger partial charge in [-0.1, -0.05) is 0 Å². The van der Waals surface area contributed by atoms with Gasteiger partial charge in [-0.2, -0.15) is 0 Å². The fraction of sp³-hybridized carbons (Fsp3) is 0.500. The molecule has 0 aromatic carbocycles. The quantitative estimate of drug-likeness (QED) is 0.753. The largest absolute Gasteiger partial charge is 0.461 e. The first-order valence-corrected chi connectivity index (χ1v) is 5.86. The van der Waals surface area contributed by atoms with Crippen LogP contribution in [0.1, 0.15) is 10.4 Å². The monoisotopic (exact) mass is 235 g/mol. The van der Waals surface area contributed by atoms with Crippen molar-refractivity contribution in [3.8, 4) is 0 Å². The third-order valence-corrected chi connectivity index (χ3v) is 2.75. The highest BCUT2D eigenvalue weighted by Gasteiger charge is 2.11. The van der Waals surface area contributed by atoms with Gasteiger partial charge in [0.25, 0.3) is 0 Å². The summed E-state index contributed by atoms with van der Waals surface area (Å²) in [4.78, 5) is 17.8. The van der Waals surface area contributed by atoms with Gasteiger partial charge in [-0.15, -0.1) is 0 Å². The molecule has 1 aromatic heterocycles. The lowest BCUT2D eigenvalue weighted by atomic mass is 10.3. The molecule has 1 saturated heterocycles. The fourth-order valence-corrected chi connectivity index (χ4v) is 1.77. The third-order valence-electron chi connectivity index (χ3n) is 2.75. The zero-order chi connectivity index (χ0) is 11.9. The maximum absolute atomic E-state index is 11.6. The van der Waals surface area contributed by atoms with E-state index in [-0.39, 0.29) is 5.97 Å². The molecule has 17 heavy (non-hydrogen) atoms. The van der Waals surface area contributed by atoms with Gasteiger partial charge in [0.1, 0.15) is 6.61 Å². The zero-order valence-corrected chi connectivity index (χ0v) is 9.76. The molecular weight excluding hydrogens is 218 g/mol. The van der Waals surface area contributed by atoms with Crippen LogP contribution in [0.15, 0.2) is 24.5 Å². The highest BCUT2D eigenvalue weighted by Crippen LogP contribution is 1.99. The molecule has 0 radical (unpaired) electrons. The van der Waals surface area contributed by atoms with Gasteiger partial charge in [-0.05, 0) is 12.1 Å². The lowest BCUT2D eigenvalue weighted by Gasteiger charge is -2.26. The molecule has 0 aliphatic carbocycles. The molecule has 1 aliphatic heterocycles. The van der Waals surface area contributed by atoms with Crippen LogP contribution in [0.5, 0.6) is 0 Å². The standard InChI is InChI=1S/C12H17N3O2/c16-12(11-2-1-3-14-10-11)17-9-8-15-6-4-13-5-7-15/h1-3,10,13H,4-9H2.